The molecule has 1 heterocycles. The Morgan fingerprint density at radius 1 is 1.45 bits per heavy atom. The van der Waals surface area contributed by atoms with Gasteiger partial charge >= 0.3 is 0 Å². The van der Waals surface area contributed by atoms with E-state index in [4.69, 9.17) is 10.6 Å². The van der Waals surface area contributed by atoms with Gasteiger partial charge in [-0.25, -0.2) is 0 Å². The van der Waals surface area contributed by atoms with E-state index in [2.05, 4.69) is 5.43 Å². The Balaban J connectivity index is 1.90. The third-order valence-electron chi connectivity index (χ3n) is 4.30. The topological polar surface area (TPSA) is 67.6 Å². The van der Waals surface area contributed by atoms with Crippen LogP contribution in [0, 0.1) is 6.92 Å². The van der Waals surface area contributed by atoms with Gasteiger partial charge in [0, 0.05) is 6.54 Å². The van der Waals surface area contributed by atoms with Crippen molar-refractivity contribution in [3.8, 4) is 0 Å². The van der Waals surface area contributed by atoms with Crippen LogP contribution in [0.15, 0.2) is 18.2 Å². The summed E-state index contributed by atoms with van der Waals surface area (Å²) < 4.78 is 5.76. The van der Waals surface area contributed by atoms with Gasteiger partial charge in [-0.05, 0) is 38.3 Å². The molecule has 1 aromatic carbocycles. The minimum Gasteiger partial charge on any atom is -0.374 e. The molecular weight excluding hydrogens is 254 g/mol. The van der Waals surface area contributed by atoms with Gasteiger partial charge in [-0.15, -0.1) is 0 Å². The van der Waals surface area contributed by atoms with E-state index in [1.165, 1.54) is 0 Å². The van der Waals surface area contributed by atoms with E-state index in [0.29, 0.717) is 24.4 Å². The fourth-order valence-corrected chi connectivity index (χ4v) is 3.29. The smallest absolute Gasteiger partial charge is 0.256 e. The number of hydrogen-bond acceptors (Lipinski definition) is 4. The second-order valence-corrected chi connectivity index (χ2v) is 5.60. The molecule has 2 fully saturated rings. The minimum absolute atomic E-state index is 0.0573. The molecule has 2 unspecified atom stereocenters. The molecule has 1 saturated carbocycles. The number of aryl methyl sites for hydroxylation is 1. The van der Waals surface area contributed by atoms with Gasteiger partial charge in [0.15, 0.2) is 0 Å². The van der Waals surface area contributed by atoms with E-state index in [0.717, 1.165) is 24.8 Å². The Bertz CT molecular complexity index is 518. The third-order valence-corrected chi connectivity index (χ3v) is 4.30. The van der Waals surface area contributed by atoms with Crippen molar-refractivity contribution in [2.75, 3.05) is 18.6 Å². The van der Waals surface area contributed by atoms with Crippen LogP contribution in [0.1, 0.15) is 35.2 Å². The number of hydrazine groups is 1. The van der Waals surface area contributed by atoms with E-state index < -0.39 is 0 Å². The van der Waals surface area contributed by atoms with Crippen LogP contribution in [0.25, 0.3) is 0 Å². The average molecular weight is 275 g/mol. The number of ether oxygens (including phenoxy) is 1. The molecule has 2 aliphatic rings. The first-order valence-electron chi connectivity index (χ1n) is 7.20. The Kier molecular flexibility index (Phi) is 3.63. The molecule has 0 bridgehead atoms. The molecule has 3 N–H and O–H groups in total. The standard InChI is InChI=1S/C15H21N3O2/c1-10-5-6-12(17-16)11(9-10)15(19)18-7-8-20-14-4-2-3-13(14)18/h5-6,9,13-14,17H,2-4,7-8,16H2,1H3. The first-order chi connectivity index (χ1) is 9.70. The lowest BCUT2D eigenvalue weighted by Crippen LogP contribution is -2.51. The SMILES string of the molecule is Cc1ccc(NN)c(C(=O)N2CCOC3CCCC32)c1. The van der Waals surface area contributed by atoms with Crippen LogP contribution >= 0.6 is 0 Å². The van der Waals surface area contributed by atoms with Crippen LogP contribution in [0.2, 0.25) is 0 Å². The number of nitrogens with one attached hydrogen (secondary N) is 1. The van der Waals surface area contributed by atoms with Crippen molar-refractivity contribution in [3.63, 3.8) is 0 Å². The average Bonchev–Trinajstić information content (AvgIpc) is 2.94. The van der Waals surface area contributed by atoms with E-state index >= 15 is 0 Å². The van der Waals surface area contributed by atoms with Crippen molar-refractivity contribution < 1.29 is 9.53 Å². The minimum atomic E-state index is 0.0573. The molecule has 0 spiro atoms. The maximum atomic E-state index is 12.8. The van der Waals surface area contributed by atoms with Crippen LogP contribution in [0.3, 0.4) is 0 Å². The molecule has 2 atom stereocenters. The zero-order chi connectivity index (χ0) is 14.1. The lowest BCUT2D eigenvalue weighted by Gasteiger charge is -2.38. The van der Waals surface area contributed by atoms with Gasteiger partial charge in [-0.2, -0.15) is 0 Å². The lowest BCUT2D eigenvalue weighted by molar-refractivity contribution is -0.0445. The Morgan fingerprint density at radius 2 is 2.30 bits per heavy atom. The summed E-state index contributed by atoms with van der Waals surface area (Å²) in [4.78, 5) is 14.8. The highest BCUT2D eigenvalue weighted by molar-refractivity contribution is 6.00. The summed E-state index contributed by atoms with van der Waals surface area (Å²) in [5.41, 5.74) is 5.02. The zero-order valence-electron chi connectivity index (χ0n) is 11.8. The largest absolute Gasteiger partial charge is 0.374 e. The van der Waals surface area contributed by atoms with E-state index in [1.54, 1.807) is 0 Å². The van der Waals surface area contributed by atoms with Crippen molar-refractivity contribution in [1.29, 1.82) is 0 Å². The zero-order valence-corrected chi connectivity index (χ0v) is 11.8. The summed E-state index contributed by atoms with van der Waals surface area (Å²) in [7, 11) is 0. The normalized spacial score (nSPS) is 25.4. The number of amides is 1. The van der Waals surface area contributed by atoms with Gasteiger partial charge in [0.05, 0.1) is 30.0 Å². The number of benzene rings is 1. The van der Waals surface area contributed by atoms with E-state index in [9.17, 15) is 4.79 Å². The predicted molar refractivity (Wildman–Crippen MR) is 77.4 cm³/mol. The van der Waals surface area contributed by atoms with Crippen molar-refractivity contribution in [3.05, 3.63) is 29.3 Å². The lowest BCUT2D eigenvalue weighted by atomic mass is 10.0. The van der Waals surface area contributed by atoms with E-state index in [-0.39, 0.29) is 18.1 Å². The van der Waals surface area contributed by atoms with Gasteiger partial charge in [0.1, 0.15) is 0 Å². The molecule has 20 heavy (non-hydrogen) atoms. The van der Waals surface area contributed by atoms with Gasteiger partial charge in [-0.3, -0.25) is 10.6 Å². The monoisotopic (exact) mass is 275 g/mol. The molecule has 1 saturated heterocycles. The van der Waals surface area contributed by atoms with Crippen LogP contribution in [0.4, 0.5) is 5.69 Å². The number of morpholine rings is 1. The van der Waals surface area contributed by atoms with Crippen molar-refractivity contribution in [2.24, 2.45) is 5.84 Å². The molecule has 5 nitrogen and oxygen atoms in total. The summed E-state index contributed by atoms with van der Waals surface area (Å²) in [6.07, 6.45) is 3.44. The molecule has 1 amide bonds. The first kappa shape index (κ1) is 13.4. The highest BCUT2D eigenvalue weighted by Gasteiger charge is 2.39. The second-order valence-electron chi connectivity index (χ2n) is 5.60. The summed E-state index contributed by atoms with van der Waals surface area (Å²) >= 11 is 0. The number of nitrogen functional groups attached to an aromatic ring is 1. The second kappa shape index (κ2) is 5.42. The molecular formula is C15H21N3O2. The van der Waals surface area contributed by atoms with Gasteiger partial charge < -0.3 is 15.1 Å². The van der Waals surface area contributed by atoms with Crippen LogP contribution < -0.4 is 11.3 Å². The predicted octanol–water partition coefficient (Wildman–Crippen LogP) is 1.67. The molecule has 1 aliphatic carbocycles. The number of carbonyl (C=O) groups is 1. The maximum Gasteiger partial charge on any atom is 0.256 e. The number of anilines is 1. The van der Waals surface area contributed by atoms with Gasteiger partial charge in [-0.1, -0.05) is 11.6 Å². The molecule has 1 aliphatic heterocycles. The fourth-order valence-electron chi connectivity index (χ4n) is 3.29. The number of carbonyl (C=O) groups excluding carboxylic acids is 1. The Labute approximate surface area is 119 Å². The Morgan fingerprint density at radius 3 is 3.10 bits per heavy atom. The quantitative estimate of drug-likeness (QED) is 0.636. The van der Waals surface area contributed by atoms with Crippen LogP contribution in [-0.2, 0) is 4.74 Å². The van der Waals surface area contributed by atoms with Gasteiger partial charge in [0.25, 0.3) is 5.91 Å². The highest BCUT2D eigenvalue weighted by Crippen LogP contribution is 2.31. The number of fused-ring (bicyclic) bond motifs is 1. The third kappa shape index (κ3) is 2.27. The van der Waals surface area contributed by atoms with E-state index in [1.807, 2.05) is 30.0 Å². The number of nitrogens with two attached hydrogens (primary N) is 1. The highest BCUT2D eigenvalue weighted by atomic mass is 16.5. The molecule has 5 heteroatoms. The Hall–Kier alpha value is -1.59. The summed E-state index contributed by atoms with van der Waals surface area (Å²) in [5, 5.41) is 0. The molecule has 3 rings (SSSR count). The molecule has 108 valence electrons. The number of rotatable bonds is 2. The molecule has 0 aromatic heterocycles. The van der Waals surface area contributed by atoms with Crippen molar-refractivity contribution in [2.45, 2.75) is 38.3 Å². The molecule has 1 aromatic rings. The fraction of sp³-hybridized carbons (Fsp3) is 0.533. The maximum absolute atomic E-state index is 12.8. The van der Waals surface area contributed by atoms with Crippen molar-refractivity contribution >= 4 is 11.6 Å². The van der Waals surface area contributed by atoms with Gasteiger partial charge in [0.2, 0.25) is 0 Å². The number of hydrogen-bond donors (Lipinski definition) is 2. The molecule has 0 radical (unpaired) electrons. The van der Waals surface area contributed by atoms with Crippen LogP contribution in [0.5, 0.6) is 0 Å². The summed E-state index contributed by atoms with van der Waals surface area (Å²) in [6.45, 7) is 3.27. The summed E-state index contributed by atoms with van der Waals surface area (Å²) in [5.74, 6) is 5.59. The van der Waals surface area contributed by atoms with Crippen molar-refractivity contribution in [1.82, 2.24) is 4.90 Å². The number of nitrogens with zero attached hydrogens (tertiary/aromatic N) is 1. The van der Waals surface area contributed by atoms with Crippen LogP contribution in [-0.4, -0.2) is 36.1 Å². The summed E-state index contributed by atoms with van der Waals surface area (Å²) in [6, 6.07) is 5.93. The first-order valence-corrected chi connectivity index (χ1v) is 7.20.